The summed E-state index contributed by atoms with van der Waals surface area (Å²) in [7, 11) is 0. The fourth-order valence-electron chi connectivity index (χ4n) is 9.17. The third-order valence-corrected chi connectivity index (χ3v) is 13.6. The van der Waals surface area contributed by atoms with Crippen molar-refractivity contribution in [2.75, 3.05) is 0 Å². The maximum atomic E-state index is 14.0. The van der Waals surface area contributed by atoms with Gasteiger partial charge in [0.15, 0.2) is 0 Å². The molecule has 3 heterocycles. The Morgan fingerprint density at radius 2 is 1.06 bits per heavy atom. The first-order valence-electron chi connectivity index (χ1n) is 21.2. The predicted octanol–water partition coefficient (Wildman–Crippen LogP) is 15.4. The molecule has 1 unspecified atom stereocenters. The first kappa shape index (κ1) is 36.9. The normalized spacial score (nSPS) is 14.0. The number of hydrogen-bond acceptors (Lipinski definition) is 3. The highest BCUT2D eigenvalue weighted by Gasteiger charge is 2.21. The van der Waals surface area contributed by atoms with Gasteiger partial charge in [-0.05, 0) is 93.6 Å². The highest BCUT2D eigenvalue weighted by atomic mass is 32.1. The number of fused-ring (bicyclic) bond motifs is 6. The van der Waals surface area contributed by atoms with E-state index < -0.39 is 0 Å². The van der Waals surface area contributed by atoms with Crippen LogP contribution in [-0.4, -0.2) is 10.4 Å². The Morgan fingerprint density at radius 1 is 0.460 bits per heavy atom. The van der Waals surface area contributed by atoms with Crippen LogP contribution < -0.4 is 5.32 Å². The van der Waals surface area contributed by atoms with E-state index in [9.17, 15) is 4.39 Å². The van der Waals surface area contributed by atoms with Crippen molar-refractivity contribution in [1.82, 2.24) is 9.88 Å². The van der Waals surface area contributed by atoms with Crippen LogP contribution in [0.5, 0.6) is 0 Å². The molecule has 0 fully saturated rings. The number of hydrogen-bond donors (Lipinski definition) is 1. The molecule has 1 N–H and O–H groups in total. The molecular formula is C58H38FN3S. The molecule has 0 amide bonds. The van der Waals surface area contributed by atoms with Crippen molar-refractivity contribution in [2.24, 2.45) is 4.99 Å². The number of aromatic nitrogens is 1. The molecule has 0 radical (unpaired) electrons. The van der Waals surface area contributed by atoms with E-state index in [1.165, 1.54) is 70.9 Å². The molecule has 298 valence electrons. The summed E-state index contributed by atoms with van der Waals surface area (Å²) in [6.07, 6.45) is 2.13. The zero-order chi connectivity index (χ0) is 41.9. The fraction of sp³-hybridized carbons (Fsp3) is 0.0172. The van der Waals surface area contributed by atoms with Gasteiger partial charge in [0.25, 0.3) is 0 Å². The summed E-state index contributed by atoms with van der Waals surface area (Å²) in [6.45, 7) is 0. The van der Waals surface area contributed by atoms with E-state index in [0.29, 0.717) is 0 Å². The van der Waals surface area contributed by atoms with E-state index in [4.69, 9.17) is 4.99 Å². The van der Waals surface area contributed by atoms with Crippen molar-refractivity contribution in [1.29, 1.82) is 0 Å². The number of nitrogens with zero attached hydrogens (tertiary/aromatic N) is 2. The summed E-state index contributed by atoms with van der Waals surface area (Å²) >= 11 is 1.87. The van der Waals surface area contributed by atoms with Crippen LogP contribution in [0.15, 0.2) is 223 Å². The number of aliphatic imine (C=N–C) groups is 1. The van der Waals surface area contributed by atoms with E-state index in [-0.39, 0.29) is 11.9 Å². The molecule has 12 rings (SSSR count). The van der Waals surface area contributed by atoms with Crippen molar-refractivity contribution in [3.05, 3.63) is 241 Å². The zero-order valence-corrected chi connectivity index (χ0v) is 34.9. The van der Waals surface area contributed by atoms with E-state index in [1.54, 1.807) is 0 Å². The molecular weight excluding hydrogens is 790 g/mol. The Morgan fingerprint density at radius 3 is 1.86 bits per heavy atom. The molecule has 1 aliphatic heterocycles. The van der Waals surface area contributed by atoms with Gasteiger partial charge in [0.2, 0.25) is 0 Å². The first-order chi connectivity index (χ1) is 31.1. The third-order valence-electron chi connectivity index (χ3n) is 12.4. The fourth-order valence-corrected chi connectivity index (χ4v) is 10.4. The Labute approximate surface area is 368 Å². The summed E-state index contributed by atoms with van der Waals surface area (Å²) in [5.74, 6) is 0.513. The van der Waals surface area contributed by atoms with Crippen LogP contribution in [0.4, 0.5) is 4.39 Å². The number of nitrogens with one attached hydrogen (secondary N) is 1. The Bertz CT molecular complexity index is 3560. The smallest absolute Gasteiger partial charge is 0.134 e. The van der Waals surface area contributed by atoms with Crippen LogP contribution in [0.2, 0.25) is 0 Å². The van der Waals surface area contributed by atoms with Crippen molar-refractivity contribution in [3.63, 3.8) is 0 Å². The topological polar surface area (TPSA) is 29.3 Å². The number of benzene rings is 9. The first-order valence-corrected chi connectivity index (χ1v) is 22.1. The summed E-state index contributed by atoms with van der Waals surface area (Å²) in [5, 5.41) is 8.68. The molecule has 0 bridgehead atoms. The lowest BCUT2D eigenvalue weighted by Gasteiger charge is -2.24. The van der Waals surface area contributed by atoms with Gasteiger partial charge in [-0.15, -0.1) is 11.3 Å². The maximum absolute atomic E-state index is 14.0. The van der Waals surface area contributed by atoms with Crippen LogP contribution in [0.25, 0.3) is 86.7 Å². The number of amidine groups is 1. The van der Waals surface area contributed by atoms with Crippen LogP contribution >= 0.6 is 11.3 Å². The van der Waals surface area contributed by atoms with Crippen LogP contribution in [0, 0.1) is 5.82 Å². The van der Waals surface area contributed by atoms with Crippen molar-refractivity contribution >= 4 is 64.8 Å². The summed E-state index contributed by atoms with van der Waals surface area (Å²) in [5.41, 5.74) is 14.4. The number of halogens is 1. The van der Waals surface area contributed by atoms with Gasteiger partial charge in [-0.2, -0.15) is 0 Å². The van der Waals surface area contributed by atoms with Crippen molar-refractivity contribution in [3.8, 4) is 39.1 Å². The second-order valence-electron chi connectivity index (χ2n) is 16.1. The molecule has 9 aromatic carbocycles. The van der Waals surface area contributed by atoms with E-state index in [2.05, 4.69) is 198 Å². The van der Waals surface area contributed by atoms with Crippen LogP contribution in [-0.2, 0) is 0 Å². The van der Waals surface area contributed by atoms with Gasteiger partial charge in [-0.25, -0.2) is 9.38 Å². The summed E-state index contributed by atoms with van der Waals surface area (Å²) < 4.78 is 19.0. The molecule has 2 aromatic heterocycles. The van der Waals surface area contributed by atoms with Gasteiger partial charge in [-0.3, -0.25) is 0 Å². The minimum atomic E-state index is -0.257. The average molecular weight is 828 g/mol. The highest BCUT2D eigenvalue weighted by molar-refractivity contribution is 7.26. The molecule has 63 heavy (non-hydrogen) atoms. The second kappa shape index (κ2) is 15.2. The lowest BCUT2D eigenvalue weighted by atomic mass is 9.98. The highest BCUT2D eigenvalue weighted by Crippen LogP contribution is 2.41. The van der Waals surface area contributed by atoms with Crippen molar-refractivity contribution < 1.29 is 4.39 Å². The largest absolute Gasteiger partial charge is 0.359 e. The maximum Gasteiger partial charge on any atom is 0.134 e. The van der Waals surface area contributed by atoms with Gasteiger partial charge in [0.05, 0.1) is 22.8 Å². The summed E-state index contributed by atoms with van der Waals surface area (Å²) in [4.78, 5) is 5.18. The van der Waals surface area contributed by atoms with Gasteiger partial charge >= 0.3 is 0 Å². The van der Waals surface area contributed by atoms with Gasteiger partial charge in [0, 0.05) is 47.8 Å². The quantitative estimate of drug-likeness (QED) is 0.170. The Balaban J connectivity index is 0.880. The van der Waals surface area contributed by atoms with Gasteiger partial charge in [0.1, 0.15) is 11.7 Å². The molecule has 0 saturated carbocycles. The van der Waals surface area contributed by atoms with Crippen LogP contribution in [0.1, 0.15) is 22.7 Å². The van der Waals surface area contributed by atoms with Gasteiger partial charge < -0.3 is 9.88 Å². The average Bonchev–Trinajstić information content (AvgIpc) is 3.90. The standard InChI is InChI=1S/C58H38FN3S/c59-45-30-25-41(26-31-45)52-36-53(61-58(60-52)43-23-19-38(20-24-43)37-9-2-1-3-10-37)42-27-32-46(33-28-42)62-54-15-6-4-11-48(54)51-35-44(29-34-55(51)62)39-17-21-40(22-18-39)47-13-8-14-50-49-12-5-7-16-56(49)63-57(47)50/h1-36,52H,(H,60,61). The Hall–Kier alpha value is -7.86. The molecule has 11 aromatic rings. The van der Waals surface area contributed by atoms with E-state index in [0.717, 1.165) is 50.5 Å². The Kier molecular flexibility index (Phi) is 8.94. The zero-order valence-electron chi connectivity index (χ0n) is 34.0. The number of thiophene rings is 1. The lowest BCUT2D eigenvalue weighted by Crippen LogP contribution is -2.31. The van der Waals surface area contributed by atoms with E-state index >= 15 is 0 Å². The molecule has 0 aliphatic carbocycles. The number of para-hydroxylation sites is 1. The minimum absolute atomic E-state index is 0.194. The molecule has 1 atom stereocenters. The molecule has 3 nitrogen and oxygen atoms in total. The molecule has 5 heteroatoms. The monoisotopic (exact) mass is 827 g/mol. The second-order valence-corrected chi connectivity index (χ2v) is 17.2. The number of rotatable bonds is 7. The van der Waals surface area contributed by atoms with Gasteiger partial charge in [-0.1, -0.05) is 164 Å². The van der Waals surface area contributed by atoms with E-state index in [1.807, 2.05) is 29.5 Å². The lowest BCUT2D eigenvalue weighted by molar-refractivity contribution is 0.625. The van der Waals surface area contributed by atoms with Crippen LogP contribution in [0.3, 0.4) is 0 Å². The molecule has 0 spiro atoms. The minimum Gasteiger partial charge on any atom is -0.359 e. The molecule has 1 aliphatic rings. The van der Waals surface area contributed by atoms with Crippen molar-refractivity contribution in [2.45, 2.75) is 6.04 Å². The summed E-state index contributed by atoms with van der Waals surface area (Å²) in [6, 6.07) is 73.9. The third kappa shape index (κ3) is 6.62. The SMILES string of the molecule is Fc1ccc(C2C=C(c3ccc(-n4c5ccccc5c5cc(-c6ccc(-c7cccc8c7sc7ccccc78)cc6)ccc54)cc3)N=C(c3ccc(-c4ccccc4)cc3)N2)cc1. The predicted molar refractivity (Wildman–Crippen MR) is 263 cm³/mol. The molecule has 0 saturated heterocycles.